The van der Waals surface area contributed by atoms with E-state index in [4.69, 9.17) is 9.84 Å². The van der Waals surface area contributed by atoms with Crippen molar-refractivity contribution in [1.29, 1.82) is 0 Å². The van der Waals surface area contributed by atoms with Crippen molar-refractivity contribution in [2.75, 3.05) is 6.61 Å². The predicted octanol–water partition coefficient (Wildman–Crippen LogP) is 3.62. The molecular formula is C15H19FO3. The third-order valence-corrected chi connectivity index (χ3v) is 3.63. The maximum absolute atomic E-state index is 13.5. The quantitative estimate of drug-likeness (QED) is 0.885. The molecule has 2 rings (SSSR count). The van der Waals surface area contributed by atoms with Gasteiger partial charge in [0, 0.05) is 12.2 Å². The minimum Gasteiger partial charge on any atom is -0.478 e. The number of hydrogen-bond donors (Lipinski definition) is 1. The first-order valence-electron chi connectivity index (χ1n) is 6.76. The Balaban J connectivity index is 1.87. The average molecular weight is 266 g/mol. The molecule has 0 bridgehead atoms. The van der Waals surface area contributed by atoms with Gasteiger partial charge >= 0.3 is 5.97 Å². The molecule has 0 unspecified atom stereocenters. The van der Waals surface area contributed by atoms with Gasteiger partial charge in [-0.2, -0.15) is 0 Å². The predicted molar refractivity (Wildman–Crippen MR) is 69.6 cm³/mol. The largest absolute Gasteiger partial charge is 0.478 e. The summed E-state index contributed by atoms with van der Waals surface area (Å²) in [5.41, 5.74) is 0.411. The van der Waals surface area contributed by atoms with Crippen LogP contribution in [0.3, 0.4) is 0 Å². The summed E-state index contributed by atoms with van der Waals surface area (Å²) in [6.45, 7) is 0.778. The topological polar surface area (TPSA) is 46.5 Å². The lowest BCUT2D eigenvalue weighted by Crippen LogP contribution is -2.13. The Bertz CT molecular complexity index is 439. The molecule has 0 spiro atoms. The zero-order valence-corrected chi connectivity index (χ0v) is 10.9. The fourth-order valence-corrected chi connectivity index (χ4v) is 2.51. The van der Waals surface area contributed by atoms with Gasteiger partial charge < -0.3 is 9.84 Å². The Morgan fingerprint density at radius 1 is 1.32 bits per heavy atom. The van der Waals surface area contributed by atoms with Crippen molar-refractivity contribution in [3.8, 4) is 0 Å². The Morgan fingerprint density at radius 2 is 2.05 bits per heavy atom. The van der Waals surface area contributed by atoms with Crippen LogP contribution in [0.1, 0.15) is 48.0 Å². The number of carbonyl (C=O) groups is 1. The van der Waals surface area contributed by atoms with Crippen molar-refractivity contribution in [1.82, 2.24) is 0 Å². The summed E-state index contributed by atoms with van der Waals surface area (Å²) in [4.78, 5) is 10.8. The first-order chi connectivity index (χ1) is 9.16. The van der Waals surface area contributed by atoms with Gasteiger partial charge in [-0.25, -0.2) is 9.18 Å². The lowest BCUT2D eigenvalue weighted by molar-refractivity contribution is 0.0689. The highest BCUT2D eigenvalue weighted by Gasteiger charge is 2.14. The minimum atomic E-state index is -1.05. The normalized spacial score (nSPS) is 16.5. The highest BCUT2D eigenvalue weighted by atomic mass is 19.1. The molecule has 1 aromatic carbocycles. The molecule has 104 valence electrons. The summed E-state index contributed by atoms with van der Waals surface area (Å²) in [7, 11) is 0. The Labute approximate surface area is 112 Å². The molecule has 0 aromatic heterocycles. The van der Waals surface area contributed by atoms with Gasteiger partial charge in [0.2, 0.25) is 0 Å². The molecule has 19 heavy (non-hydrogen) atoms. The molecule has 1 N–H and O–H groups in total. The van der Waals surface area contributed by atoms with Gasteiger partial charge in [0.25, 0.3) is 0 Å². The number of ether oxygens (including phenoxy) is 1. The third-order valence-electron chi connectivity index (χ3n) is 3.63. The molecule has 4 heteroatoms. The number of carboxylic acids is 1. The first kappa shape index (κ1) is 14.0. The van der Waals surface area contributed by atoms with Gasteiger partial charge in [-0.1, -0.05) is 19.3 Å². The number of hydrogen-bond acceptors (Lipinski definition) is 2. The molecule has 0 heterocycles. The molecule has 1 aliphatic rings. The molecule has 0 radical (unpaired) electrons. The van der Waals surface area contributed by atoms with Crippen molar-refractivity contribution >= 4 is 5.97 Å². The van der Waals surface area contributed by atoms with Crippen molar-refractivity contribution in [2.24, 2.45) is 5.92 Å². The Morgan fingerprint density at radius 3 is 2.74 bits per heavy atom. The van der Waals surface area contributed by atoms with Crippen LogP contribution in [0.4, 0.5) is 4.39 Å². The van der Waals surface area contributed by atoms with E-state index < -0.39 is 11.8 Å². The van der Waals surface area contributed by atoms with Crippen LogP contribution in [-0.2, 0) is 11.3 Å². The zero-order valence-electron chi connectivity index (χ0n) is 10.9. The number of halogens is 1. The Hall–Kier alpha value is -1.42. The average Bonchev–Trinajstić information content (AvgIpc) is 2.42. The van der Waals surface area contributed by atoms with Gasteiger partial charge in [0.15, 0.2) is 0 Å². The second kappa shape index (κ2) is 6.66. The number of benzene rings is 1. The van der Waals surface area contributed by atoms with E-state index in [0.717, 1.165) is 0 Å². The van der Waals surface area contributed by atoms with Crippen LogP contribution < -0.4 is 0 Å². The van der Waals surface area contributed by atoms with E-state index in [9.17, 15) is 9.18 Å². The highest BCUT2D eigenvalue weighted by Crippen LogP contribution is 2.24. The van der Waals surface area contributed by atoms with Crippen LogP contribution in [0.25, 0.3) is 0 Å². The molecule has 1 aromatic rings. The molecule has 0 atom stereocenters. The van der Waals surface area contributed by atoms with Gasteiger partial charge in [0.1, 0.15) is 5.82 Å². The molecular weight excluding hydrogens is 247 g/mol. The molecule has 1 aliphatic carbocycles. The van der Waals surface area contributed by atoms with Crippen LogP contribution in [0.2, 0.25) is 0 Å². The van der Waals surface area contributed by atoms with Crippen LogP contribution >= 0.6 is 0 Å². The summed E-state index contributed by atoms with van der Waals surface area (Å²) in [5.74, 6) is -0.887. The highest BCUT2D eigenvalue weighted by molar-refractivity contribution is 5.87. The summed E-state index contributed by atoms with van der Waals surface area (Å²) < 4.78 is 19.1. The van der Waals surface area contributed by atoms with Crippen LogP contribution in [-0.4, -0.2) is 17.7 Å². The van der Waals surface area contributed by atoms with Crippen molar-refractivity contribution in [3.63, 3.8) is 0 Å². The van der Waals surface area contributed by atoms with Crippen LogP contribution in [0, 0.1) is 11.7 Å². The summed E-state index contributed by atoms with van der Waals surface area (Å²) in [6.07, 6.45) is 6.15. The van der Waals surface area contributed by atoms with E-state index in [1.807, 2.05) is 0 Å². The Kier molecular flexibility index (Phi) is 4.91. The van der Waals surface area contributed by atoms with Gasteiger partial charge in [0.05, 0.1) is 12.2 Å². The monoisotopic (exact) mass is 266 g/mol. The van der Waals surface area contributed by atoms with E-state index in [1.165, 1.54) is 50.3 Å². The van der Waals surface area contributed by atoms with E-state index in [2.05, 4.69) is 0 Å². The van der Waals surface area contributed by atoms with Gasteiger partial charge in [-0.05, 0) is 37.0 Å². The van der Waals surface area contributed by atoms with Gasteiger partial charge in [-0.3, -0.25) is 0 Å². The summed E-state index contributed by atoms with van der Waals surface area (Å²) in [6, 6.07) is 3.80. The van der Waals surface area contributed by atoms with Crippen LogP contribution in [0.15, 0.2) is 18.2 Å². The molecule has 1 saturated carbocycles. The van der Waals surface area contributed by atoms with E-state index in [0.29, 0.717) is 18.1 Å². The number of rotatable bonds is 5. The summed E-state index contributed by atoms with van der Waals surface area (Å²) >= 11 is 0. The molecule has 1 fully saturated rings. The van der Waals surface area contributed by atoms with Gasteiger partial charge in [-0.15, -0.1) is 0 Å². The molecule has 0 aliphatic heterocycles. The standard InChI is InChI=1S/C15H19FO3/c16-14-7-6-12(15(17)18)8-13(14)10-19-9-11-4-2-1-3-5-11/h6-8,11H,1-5,9-10H2,(H,17,18). The van der Waals surface area contributed by atoms with Crippen molar-refractivity contribution in [3.05, 3.63) is 35.1 Å². The second-order valence-corrected chi connectivity index (χ2v) is 5.13. The molecule has 3 nitrogen and oxygen atoms in total. The summed E-state index contributed by atoms with van der Waals surface area (Å²) in [5, 5.41) is 8.87. The van der Waals surface area contributed by atoms with E-state index in [1.54, 1.807) is 0 Å². The lowest BCUT2D eigenvalue weighted by Gasteiger charge is -2.21. The zero-order chi connectivity index (χ0) is 13.7. The number of aromatic carboxylic acids is 1. The molecule has 0 amide bonds. The second-order valence-electron chi connectivity index (χ2n) is 5.13. The van der Waals surface area contributed by atoms with Crippen molar-refractivity contribution in [2.45, 2.75) is 38.7 Å². The lowest BCUT2D eigenvalue weighted by atomic mass is 9.90. The van der Waals surface area contributed by atoms with Crippen LogP contribution in [0.5, 0.6) is 0 Å². The maximum Gasteiger partial charge on any atom is 0.335 e. The fourth-order valence-electron chi connectivity index (χ4n) is 2.51. The maximum atomic E-state index is 13.5. The third kappa shape index (κ3) is 4.03. The van der Waals surface area contributed by atoms with Crippen molar-refractivity contribution < 1.29 is 19.0 Å². The molecule has 0 saturated heterocycles. The smallest absolute Gasteiger partial charge is 0.335 e. The fraction of sp³-hybridized carbons (Fsp3) is 0.533. The van der Waals surface area contributed by atoms with E-state index >= 15 is 0 Å². The first-order valence-corrected chi connectivity index (χ1v) is 6.76. The van der Waals surface area contributed by atoms with E-state index in [-0.39, 0.29) is 12.2 Å². The SMILES string of the molecule is O=C(O)c1ccc(F)c(COCC2CCCCC2)c1. The number of carboxylic acid groups (broad SMARTS) is 1. The minimum absolute atomic E-state index is 0.0951.